The third kappa shape index (κ3) is 2.65. The van der Waals surface area contributed by atoms with Gasteiger partial charge in [-0.3, -0.25) is 9.59 Å². The Bertz CT molecular complexity index is 947. The number of amides is 2. The van der Waals surface area contributed by atoms with Crippen molar-refractivity contribution in [3.05, 3.63) is 89.7 Å². The van der Waals surface area contributed by atoms with Crippen molar-refractivity contribution in [1.82, 2.24) is 0 Å². The summed E-state index contributed by atoms with van der Waals surface area (Å²) in [5.74, 6) is -0.173. The van der Waals surface area contributed by atoms with Gasteiger partial charge in [0, 0.05) is 6.07 Å². The fourth-order valence-electron chi connectivity index (χ4n) is 2.75. The highest BCUT2D eigenvalue weighted by atomic mass is 19.1. The molecule has 122 valence electrons. The minimum Gasteiger partial charge on any atom is -0.457 e. The smallest absolute Gasteiger partial charge is 0.266 e. The van der Waals surface area contributed by atoms with E-state index in [9.17, 15) is 14.0 Å². The normalized spacial score (nSPS) is 13.1. The second-order valence-corrected chi connectivity index (χ2v) is 5.54. The first-order valence-electron chi connectivity index (χ1n) is 7.65. The van der Waals surface area contributed by atoms with Crippen LogP contribution in [-0.2, 0) is 0 Å². The van der Waals surface area contributed by atoms with E-state index in [2.05, 4.69) is 0 Å². The molecule has 0 aromatic heterocycles. The van der Waals surface area contributed by atoms with Crippen LogP contribution in [0.25, 0.3) is 0 Å². The molecule has 0 bridgehead atoms. The van der Waals surface area contributed by atoms with E-state index in [-0.39, 0.29) is 17.6 Å². The number of carbonyl (C=O) groups is 2. The van der Waals surface area contributed by atoms with E-state index in [1.54, 1.807) is 48.5 Å². The van der Waals surface area contributed by atoms with Gasteiger partial charge in [-0.1, -0.05) is 18.2 Å². The number of hydrogen-bond donors (Lipinski definition) is 0. The number of carbonyl (C=O) groups excluding carboxylic acids is 2. The van der Waals surface area contributed by atoms with Crippen molar-refractivity contribution in [3.8, 4) is 11.5 Å². The highest BCUT2D eigenvalue weighted by molar-refractivity contribution is 6.34. The number of imide groups is 1. The molecule has 0 radical (unpaired) electrons. The summed E-state index contributed by atoms with van der Waals surface area (Å²) in [6.07, 6.45) is 0. The zero-order chi connectivity index (χ0) is 17.4. The molecule has 1 aliphatic rings. The van der Waals surface area contributed by atoms with Crippen LogP contribution in [0.3, 0.4) is 0 Å². The van der Waals surface area contributed by atoms with Crippen LogP contribution in [0.2, 0.25) is 0 Å². The van der Waals surface area contributed by atoms with Gasteiger partial charge in [0.05, 0.1) is 16.8 Å². The average molecular weight is 333 g/mol. The summed E-state index contributed by atoms with van der Waals surface area (Å²) < 4.78 is 18.6. The van der Waals surface area contributed by atoms with Gasteiger partial charge in [0.2, 0.25) is 0 Å². The zero-order valence-electron chi connectivity index (χ0n) is 13.0. The van der Waals surface area contributed by atoms with Crippen molar-refractivity contribution in [1.29, 1.82) is 0 Å². The monoisotopic (exact) mass is 333 g/mol. The van der Waals surface area contributed by atoms with Gasteiger partial charge in [0.15, 0.2) is 0 Å². The van der Waals surface area contributed by atoms with Crippen LogP contribution in [0.5, 0.6) is 11.5 Å². The Hall–Kier alpha value is -3.47. The Kier molecular flexibility index (Phi) is 3.54. The number of rotatable bonds is 3. The van der Waals surface area contributed by atoms with Crippen LogP contribution in [0, 0.1) is 5.82 Å². The molecule has 4 rings (SSSR count). The van der Waals surface area contributed by atoms with Crippen LogP contribution in [0.15, 0.2) is 72.8 Å². The van der Waals surface area contributed by atoms with Gasteiger partial charge >= 0.3 is 0 Å². The molecule has 0 atom stereocenters. The lowest BCUT2D eigenvalue weighted by Crippen LogP contribution is -2.29. The second-order valence-electron chi connectivity index (χ2n) is 5.54. The van der Waals surface area contributed by atoms with E-state index in [4.69, 9.17) is 4.74 Å². The second kappa shape index (κ2) is 5.87. The molecular formula is C20H12FNO3. The minimum atomic E-state index is -0.362. The highest BCUT2D eigenvalue weighted by Gasteiger charge is 2.36. The number of nitrogens with zero attached hydrogens (tertiary/aromatic N) is 1. The molecule has 2 amide bonds. The molecular weight excluding hydrogens is 321 g/mol. The molecule has 0 N–H and O–H groups in total. The van der Waals surface area contributed by atoms with Crippen molar-refractivity contribution in [2.24, 2.45) is 0 Å². The largest absolute Gasteiger partial charge is 0.457 e. The summed E-state index contributed by atoms with van der Waals surface area (Å²) in [7, 11) is 0. The topological polar surface area (TPSA) is 46.6 Å². The molecule has 1 heterocycles. The van der Waals surface area contributed by atoms with Gasteiger partial charge in [-0.05, 0) is 48.5 Å². The fraction of sp³-hybridized carbons (Fsp3) is 0. The van der Waals surface area contributed by atoms with Gasteiger partial charge in [-0.25, -0.2) is 9.29 Å². The molecule has 3 aromatic carbocycles. The summed E-state index contributed by atoms with van der Waals surface area (Å²) in [5.41, 5.74) is 1.19. The third-order valence-electron chi connectivity index (χ3n) is 3.92. The number of ether oxygens (including phenoxy) is 1. The summed E-state index contributed by atoms with van der Waals surface area (Å²) in [6, 6.07) is 19.0. The van der Waals surface area contributed by atoms with Crippen LogP contribution < -0.4 is 9.64 Å². The lowest BCUT2D eigenvalue weighted by molar-refractivity contribution is 0.0926. The molecule has 0 saturated heterocycles. The Morgan fingerprint density at radius 1 is 0.720 bits per heavy atom. The number of benzene rings is 3. The van der Waals surface area contributed by atoms with Crippen molar-refractivity contribution in [2.75, 3.05) is 4.90 Å². The van der Waals surface area contributed by atoms with Gasteiger partial charge in [-0.15, -0.1) is 0 Å². The Morgan fingerprint density at radius 3 is 2.00 bits per heavy atom. The van der Waals surface area contributed by atoms with Gasteiger partial charge in [0.25, 0.3) is 11.8 Å². The van der Waals surface area contributed by atoms with Gasteiger partial charge in [0.1, 0.15) is 17.3 Å². The lowest BCUT2D eigenvalue weighted by Gasteiger charge is -2.15. The third-order valence-corrected chi connectivity index (χ3v) is 3.92. The average Bonchev–Trinajstić information content (AvgIpc) is 2.89. The molecule has 4 nitrogen and oxygen atoms in total. The molecule has 0 spiro atoms. The molecule has 0 saturated carbocycles. The Labute approximate surface area is 143 Å². The Balaban J connectivity index is 1.65. The van der Waals surface area contributed by atoms with Crippen molar-refractivity contribution in [2.45, 2.75) is 0 Å². The maximum atomic E-state index is 13.0. The van der Waals surface area contributed by atoms with Crippen LogP contribution >= 0.6 is 0 Å². The molecule has 3 aromatic rings. The Morgan fingerprint density at radius 2 is 1.36 bits per heavy atom. The highest BCUT2D eigenvalue weighted by Crippen LogP contribution is 2.31. The number of fused-ring (bicyclic) bond motifs is 1. The van der Waals surface area contributed by atoms with Crippen LogP contribution in [0.1, 0.15) is 20.7 Å². The summed E-state index contributed by atoms with van der Waals surface area (Å²) in [4.78, 5) is 26.2. The number of anilines is 1. The van der Waals surface area contributed by atoms with Crippen molar-refractivity contribution in [3.63, 3.8) is 0 Å². The molecule has 1 aliphatic heterocycles. The summed E-state index contributed by atoms with van der Waals surface area (Å²) >= 11 is 0. The maximum absolute atomic E-state index is 13.0. The van der Waals surface area contributed by atoms with Crippen molar-refractivity contribution >= 4 is 17.5 Å². The van der Waals surface area contributed by atoms with E-state index in [0.717, 1.165) is 4.90 Å². The predicted octanol–water partition coefficient (Wildman–Crippen LogP) is 4.42. The van der Waals surface area contributed by atoms with Crippen molar-refractivity contribution < 1.29 is 18.7 Å². The maximum Gasteiger partial charge on any atom is 0.266 e. The van der Waals surface area contributed by atoms with E-state index in [1.807, 2.05) is 0 Å². The standard InChI is InChI=1S/C20H12FNO3/c21-13-8-10-15(11-9-13)25-16-5-3-4-14(12-16)22-19(23)17-6-1-2-7-18(17)20(22)24/h1-12H. The van der Waals surface area contributed by atoms with E-state index >= 15 is 0 Å². The minimum absolute atomic E-state index is 0.355. The molecule has 0 aliphatic carbocycles. The molecule has 5 heteroatoms. The molecule has 0 fully saturated rings. The predicted molar refractivity (Wildman–Crippen MR) is 90.5 cm³/mol. The first-order chi connectivity index (χ1) is 12.1. The quantitative estimate of drug-likeness (QED) is 0.667. The fourth-order valence-corrected chi connectivity index (χ4v) is 2.75. The van der Waals surface area contributed by atoms with Crippen LogP contribution in [0.4, 0.5) is 10.1 Å². The molecule has 25 heavy (non-hydrogen) atoms. The zero-order valence-corrected chi connectivity index (χ0v) is 13.0. The summed E-state index contributed by atoms with van der Waals surface area (Å²) in [5, 5.41) is 0. The lowest BCUT2D eigenvalue weighted by atomic mass is 10.1. The first kappa shape index (κ1) is 15.1. The van der Waals surface area contributed by atoms with E-state index in [0.29, 0.717) is 28.3 Å². The molecule has 0 unspecified atom stereocenters. The summed E-state index contributed by atoms with van der Waals surface area (Å²) in [6.45, 7) is 0. The number of halogens is 1. The van der Waals surface area contributed by atoms with Gasteiger partial charge in [-0.2, -0.15) is 0 Å². The first-order valence-corrected chi connectivity index (χ1v) is 7.65. The van der Waals surface area contributed by atoms with Gasteiger partial charge < -0.3 is 4.74 Å². The van der Waals surface area contributed by atoms with Crippen LogP contribution in [-0.4, -0.2) is 11.8 Å². The van der Waals surface area contributed by atoms with E-state index in [1.165, 1.54) is 24.3 Å². The SMILES string of the molecule is O=C1c2ccccc2C(=O)N1c1cccc(Oc2ccc(F)cc2)c1. The number of hydrogen-bond acceptors (Lipinski definition) is 3. The van der Waals surface area contributed by atoms with E-state index < -0.39 is 0 Å².